The van der Waals surface area contributed by atoms with Gasteiger partial charge in [-0.2, -0.15) is 0 Å². The summed E-state index contributed by atoms with van der Waals surface area (Å²) in [5.41, 5.74) is 2.97. The Morgan fingerprint density at radius 1 is 1.15 bits per heavy atom. The fourth-order valence-electron chi connectivity index (χ4n) is 12.1. The molecule has 0 aromatic rings. The molecule has 0 bridgehead atoms. The maximum atomic E-state index is 12.3. The van der Waals surface area contributed by atoms with E-state index in [1.54, 1.807) is 7.05 Å². The van der Waals surface area contributed by atoms with Crippen LogP contribution in [0.25, 0.3) is 0 Å². The summed E-state index contributed by atoms with van der Waals surface area (Å²) in [6.45, 7) is 16.4. The number of nitrogens with zero attached hydrogens (tertiary/aromatic N) is 1. The van der Waals surface area contributed by atoms with Crippen molar-refractivity contribution < 1.29 is 14.3 Å². The van der Waals surface area contributed by atoms with E-state index in [0.717, 1.165) is 56.5 Å². The first kappa shape index (κ1) is 28.1. The molecule has 226 valence electrons. The third-order valence-corrected chi connectivity index (χ3v) is 14.2. The second kappa shape index (κ2) is 9.42. The number of fused-ring (bicyclic) bond motifs is 5. The van der Waals surface area contributed by atoms with E-state index in [0.29, 0.717) is 52.8 Å². The minimum atomic E-state index is -0.110. The fraction of sp³-hybridized carbons (Fsp3) is 0.829. The van der Waals surface area contributed by atoms with Gasteiger partial charge in [0.15, 0.2) is 5.78 Å². The SMILES string of the molecule is C=C(NC)C(=O)NCCN1CC(C)CC2OC3(CCC4C5CCC6=CC(=O)CCC6(C)C5CC45CC5(C)C3)[C@H](C)C21. The van der Waals surface area contributed by atoms with E-state index in [2.05, 4.69) is 55.9 Å². The molecule has 7 aliphatic rings. The third kappa shape index (κ3) is 4.01. The Labute approximate surface area is 247 Å². The molecule has 11 atom stereocenters. The van der Waals surface area contributed by atoms with Crippen LogP contribution in [0.2, 0.25) is 0 Å². The molecule has 0 aromatic carbocycles. The summed E-state index contributed by atoms with van der Waals surface area (Å²) < 4.78 is 7.35. The predicted octanol–water partition coefficient (Wildman–Crippen LogP) is 5.24. The first-order chi connectivity index (χ1) is 19.5. The Morgan fingerprint density at radius 3 is 2.73 bits per heavy atom. The molecule has 2 spiro atoms. The zero-order valence-electron chi connectivity index (χ0n) is 26.2. The number of amides is 1. The van der Waals surface area contributed by atoms with E-state index in [1.165, 1.54) is 44.1 Å². The first-order valence-electron chi connectivity index (χ1n) is 16.8. The number of hydrogen-bond donors (Lipinski definition) is 2. The Kier molecular flexibility index (Phi) is 6.46. The average Bonchev–Trinajstić information content (AvgIpc) is 3.24. The smallest absolute Gasteiger partial charge is 0.266 e. The Morgan fingerprint density at radius 2 is 1.95 bits per heavy atom. The number of likely N-dealkylation sites (N-methyl/N-ethyl adjacent to an activating group) is 1. The molecule has 0 aromatic heterocycles. The molecular formula is C35H53N3O3. The Balaban J connectivity index is 1.10. The van der Waals surface area contributed by atoms with Gasteiger partial charge in [0.25, 0.3) is 5.91 Å². The molecule has 7 rings (SSSR count). The highest BCUT2D eigenvalue weighted by Crippen LogP contribution is 2.83. The van der Waals surface area contributed by atoms with E-state index in [9.17, 15) is 9.59 Å². The van der Waals surface area contributed by atoms with Crippen LogP contribution < -0.4 is 10.6 Å². The lowest BCUT2D eigenvalue weighted by molar-refractivity contribution is -0.118. The van der Waals surface area contributed by atoms with Crippen LogP contribution in [0.15, 0.2) is 23.9 Å². The van der Waals surface area contributed by atoms with E-state index >= 15 is 0 Å². The molecule has 2 aliphatic heterocycles. The van der Waals surface area contributed by atoms with Gasteiger partial charge in [-0.15, -0.1) is 0 Å². The monoisotopic (exact) mass is 563 g/mol. The van der Waals surface area contributed by atoms with E-state index in [4.69, 9.17) is 4.74 Å². The van der Waals surface area contributed by atoms with Gasteiger partial charge < -0.3 is 15.4 Å². The van der Waals surface area contributed by atoms with Crippen LogP contribution in [0.5, 0.6) is 0 Å². The minimum Gasteiger partial charge on any atom is -0.384 e. The largest absolute Gasteiger partial charge is 0.384 e. The normalized spacial score (nSPS) is 50.0. The van der Waals surface area contributed by atoms with Crippen LogP contribution in [0.1, 0.15) is 91.9 Å². The van der Waals surface area contributed by atoms with Crippen molar-refractivity contribution >= 4 is 11.7 Å². The average molecular weight is 564 g/mol. The Bertz CT molecular complexity index is 1180. The second-order valence-corrected chi connectivity index (χ2v) is 16.1. The number of allylic oxidation sites excluding steroid dienone is 2. The maximum absolute atomic E-state index is 12.3. The highest BCUT2D eigenvalue weighted by atomic mass is 16.5. The summed E-state index contributed by atoms with van der Waals surface area (Å²) >= 11 is 0. The number of likely N-dealkylation sites (tertiary alicyclic amines) is 1. The molecule has 1 amide bonds. The van der Waals surface area contributed by atoms with Crippen LogP contribution >= 0.6 is 0 Å². The number of rotatable bonds is 5. The van der Waals surface area contributed by atoms with Crippen molar-refractivity contribution in [3.8, 4) is 0 Å². The topological polar surface area (TPSA) is 70.7 Å². The molecule has 5 aliphatic carbocycles. The van der Waals surface area contributed by atoms with Gasteiger partial charge in [-0.25, -0.2) is 0 Å². The predicted molar refractivity (Wildman–Crippen MR) is 161 cm³/mol. The van der Waals surface area contributed by atoms with Crippen molar-refractivity contribution in [2.24, 2.45) is 45.8 Å². The van der Waals surface area contributed by atoms with E-state index in [1.807, 2.05) is 0 Å². The van der Waals surface area contributed by atoms with Crippen molar-refractivity contribution in [1.82, 2.24) is 15.5 Å². The van der Waals surface area contributed by atoms with Crippen molar-refractivity contribution in [3.63, 3.8) is 0 Å². The first-order valence-corrected chi connectivity index (χ1v) is 16.8. The van der Waals surface area contributed by atoms with Gasteiger partial charge in [0.1, 0.15) is 0 Å². The molecule has 2 heterocycles. The third-order valence-electron chi connectivity index (χ3n) is 14.2. The number of nitrogens with one attached hydrogen (secondary N) is 2. The quantitative estimate of drug-likeness (QED) is 0.448. The summed E-state index contributed by atoms with van der Waals surface area (Å²) in [6.07, 6.45) is 14.2. The van der Waals surface area contributed by atoms with Crippen molar-refractivity contribution in [2.75, 3.05) is 26.7 Å². The van der Waals surface area contributed by atoms with Gasteiger partial charge in [-0.05, 0) is 104 Å². The lowest BCUT2D eigenvalue weighted by atomic mass is 9.56. The summed E-state index contributed by atoms with van der Waals surface area (Å²) in [6, 6.07) is 0.431. The zero-order valence-corrected chi connectivity index (χ0v) is 26.2. The fourth-order valence-corrected chi connectivity index (χ4v) is 12.1. The van der Waals surface area contributed by atoms with Crippen LogP contribution in [-0.2, 0) is 14.3 Å². The molecule has 6 nitrogen and oxygen atoms in total. The van der Waals surface area contributed by atoms with Gasteiger partial charge >= 0.3 is 0 Å². The van der Waals surface area contributed by atoms with Crippen LogP contribution in [-0.4, -0.2) is 61.0 Å². The van der Waals surface area contributed by atoms with Crippen molar-refractivity contribution in [3.05, 3.63) is 23.9 Å². The highest BCUT2D eigenvalue weighted by molar-refractivity contribution is 5.92. The van der Waals surface area contributed by atoms with Crippen molar-refractivity contribution in [1.29, 1.82) is 0 Å². The molecule has 6 heteroatoms. The molecule has 6 fully saturated rings. The van der Waals surface area contributed by atoms with Crippen LogP contribution in [0, 0.1) is 45.8 Å². The molecule has 10 unspecified atom stereocenters. The van der Waals surface area contributed by atoms with Crippen LogP contribution in [0.3, 0.4) is 0 Å². The molecule has 41 heavy (non-hydrogen) atoms. The summed E-state index contributed by atoms with van der Waals surface area (Å²) in [5, 5.41) is 5.92. The van der Waals surface area contributed by atoms with Crippen LogP contribution in [0.4, 0.5) is 0 Å². The van der Waals surface area contributed by atoms with E-state index < -0.39 is 0 Å². The van der Waals surface area contributed by atoms with E-state index in [-0.39, 0.29) is 16.9 Å². The van der Waals surface area contributed by atoms with Gasteiger partial charge in [0.05, 0.1) is 17.4 Å². The summed E-state index contributed by atoms with van der Waals surface area (Å²) in [7, 11) is 1.74. The lowest BCUT2D eigenvalue weighted by Gasteiger charge is -2.48. The number of ether oxygens (including phenoxy) is 1. The van der Waals surface area contributed by atoms with Gasteiger partial charge in [0, 0.05) is 45.1 Å². The maximum Gasteiger partial charge on any atom is 0.266 e. The molecular weight excluding hydrogens is 510 g/mol. The standard InChI is InChI=1S/C35H53N3O3/c1-21-15-29-30(38(18-21)14-13-37-31(40)23(3)36-6)22(2)35(41-29)12-10-27-26-8-7-24-16-25(39)9-11-33(24,5)28(26)17-34(27)19-32(34,4)20-35/h16,21-22,26-30,36H,3,7-15,17-20H2,1-2,4-6H3,(H,37,40)/t21?,22-,26?,27?,28?,29?,30?,32?,33?,34?,35?/m1/s1. The highest BCUT2D eigenvalue weighted by Gasteiger charge is 2.77. The van der Waals surface area contributed by atoms with Gasteiger partial charge in [-0.3, -0.25) is 14.5 Å². The number of carbonyl (C=O) groups is 2. The number of ketones is 1. The minimum absolute atomic E-state index is 0.0275. The summed E-state index contributed by atoms with van der Waals surface area (Å²) in [5.74, 6) is 3.73. The Hall–Kier alpha value is -1.66. The zero-order chi connectivity index (χ0) is 28.9. The lowest BCUT2D eigenvalue weighted by Crippen LogP contribution is -2.53. The van der Waals surface area contributed by atoms with Gasteiger partial charge in [-0.1, -0.05) is 39.8 Å². The number of piperidine rings is 1. The summed E-state index contributed by atoms with van der Waals surface area (Å²) in [4.78, 5) is 27.3. The number of hydrogen-bond acceptors (Lipinski definition) is 5. The number of carbonyl (C=O) groups excluding carboxylic acids is 2. The van der Waals surface area contributed by atoms with Gasteiger partial charge in [0.2, 0.25) is 0 Å². The van der Waals surface area contributed by atoms with Crippen molar-refractivity contribution in [2.45, 2.75) is 110 Å². The second-order valence-electron chi connectivity index (χ2n) is 16.1. The molecule has 0 radical (unpaired) electrons. The molecule has 2 saturated heterocycles. The molecule has 2 N–H and O–H groups in total. The molecule has 4 saturated carbocycles.